The van der Waals surface area contributed by atoms with Crippen LogP contribution in [0.5, 0.6) is 0 Å². The van der Waals surface area contributed by atoms with E-state index in [0.717, 1.165) is 41.7 Å². The maximum Gasteiger partial charge on any atom is 0.154 e. The lowest BCUT2D eigenvalue weighted by Crippen LogP contribution is -2.37. The molecule has 0 saturated heterocycles. The van der Waals surface area contributed by atoms with Gasteiger partial charge in [0, 0.05) is 30.3 Å². The van der Waals surface area contributed by atoms with E-state index in [0.29, 0.717) is 12.0 Å². The third-order valence-electron chi connectivity index (χ3n) is 3.96. The molecule has 2 aromatic rings. The minimum absolute atomic E-state index is 0.426. The molecule has 0 fully saturated rings. The van der Waals surface area contributed by atoms with Crippen molar-refractivity contribution in [3.63, 3.8) is 0 Å². The molecule has 2 rings (SSSR count). The van der Waals surface area contributed by atoms with Gasteiger partial charge in [0.2, 0.25) is 0 Å². The minimum atomic E-state index is 0.426. The first kappa shape index (κ1) is 16.3. The summed E-state index contributed by atoms with van der Waals surface area (Å²) in [4.78, 5) is 7.07. The number of hydrogen-bond acceptors (Lipinski definition) is 3. The molecule has 21 heavy (non-hydrogen) atoms. The van der Waals surface area contributed by atoms with Crippen LogP contribution in [0.25, 0.3) is 5.52 Å². The number of rotatable bonds is 7. The molecule has 0 spiro atoms. The lowest BCUT2D eigenvalue weighted by Gasteiger charge is -2.31. The molecule has 0 amide bonds. The summed E-state index contributed by atoms with van der Waals surface area (Å²) < 4.78 is 1.96. The van der Waals surface area contributed by atoms with Crippen molar-refractivity contribution >= 4 is 27.3 Å². The summed E-state index contributed by atoms with van der Waals surface area (Å²) in [7, 11) is 0. The molecule has 0 unspecified atom stereocenters. The molecule has 0 aromatic carbocycles. The van der Waals surface area contributed by atoms with Gasteiger partial charge in [0.15, 0.2) is 5.82 Å². The van der Waals surface area contributed by atoms with E-state index < -0.39 is 0 Å². The third-order valence-corrected chi connectivity index (χ3v) is 4.32. The molecule has 5 heteroatoms. The molecular formula is C16H25BrN4. The summed E-state index contributed by atoms with van der Waals surface area (Å²) in [6.07, 6.45) is 6.03. The summed E-state index contributed by atoms with van der Waals surface area (Å²) in [6.45, 7) is 9.79. The molecule has 0 N–H and O–H groups in total. The van der Waals surface area contributed by atoms with Crippen LogP contribution >= 0.6 is 15.9 Å². The highest BCUT2D eigenvalue weighted by atomic mass is 79.9. The van der Waals surface area contributed by atoms with Crippen molar-refractivity contribution in [1.82, 2.24) is 14.6 Å². The summed E-state index contributed by atoms with van der Waals surface area (Å²) in [5.41, 5.74) is 2.22. The quantitative estimate of drug-likeness (QED) is 0.698. The Hall–Kier alpha value is -1.10. The van der Waals surface area contributed by atoms with Crippen LogP contribution in [0, 0.1) is 0 Å². The standard InChI is InChI=1S/C16H25BrN4/c1-5-13(6-2)20(9-7-17)16-15-11-14(12(3)4)19-21(15)10-8-18-16/h8,10-13H,5-7,9H2,1-4H3. The van der Waals surface area contributed by atoms with E-state index in [9.17, 15) is 0 Å². The van der Waals surface area contributed by atoms with E-state index in [1.54, 1.807) is 0 Å². The van der Waals surface area contributed by atoms with Gasteiger partial charge in [-0.2, -0.15) is 5.10 Å². The molecule has 116 valence electrons. The van der Waals surface area contributed by atoms with Crippen molar-refractivity contribution < 1.29 is 0 Å². The van der Waals surface area contributed by atoms with Gasteiger partial charge in [-0.15, -0.1) is 0 Å². The average molecular weight is 353 g/mol. The lowest BCUT2D eigenvalue weighted by molar-refractivity contribution is 0.564. The molecule has 2 aromatic heterocycles. The van der Waals surface area contributed by atoms with Crippen LogP contribution < -0.4 is 4.90 Å². The van der Waals surface area contributed by atoms with E-state index in [4.69, 9.17) is 0 Å². The van der Waals surface area contributed by atoms with Crippen LogP contribution in [0.3, 0.4) is 0 Å². The predicted molar refractivity (Wildman–Crippen MR) is 92.6 cm³/mol. The number of fused-ring (bicyclic) bond motifs is 1. The van der Waals surface area contributed by atoms with Crippen LogP contribution in [0.2, 0.25) is 0 Å². The van der Waals surface area contributed by atoms with Gasteiger partial charge in [-0.3, -0.25) is 0 Å². The number of halogens is 1. The Kier molecular flexibility index (Phi) is 5.62. The second-order valence-electron chi connectivity index (χ2n) is 5.66. The summed E-state index contributed by atoms with van der Waals surface area (Å²) in [6, 6.07) is 2.69. The first-order valence-electron chi connectivity index (χ1n) is 7.79. The fourth-order valence-corrected chi connectivity index (χ4v) is 3.09. The molecule has 0 aliphatic rings. The Morgan fingerprint density at radius 1 is 1.29 bits per heavy atom. The summed E-state index contributed by atoms with van der Waals surface area (Å²) in [5, 5.41) is 5.61. The van der Waals surface area contributed by atoms with Crippen LogP contribution in [-0.4, -0.2) is 32.5 Å². The van der Waals surface area contributed by atoms with Gasteiger partial charge < -0.3 is 4.90 Å². The Morgan fingerprint density at radius 3 is 2.57 bits per heavy atom. The number of nitrogens with zero attached hydrogens (tertiary/aromatic N) is 4. The fourth-order valence-electron chi connectivity index (χ4n) is 2.71. The number of anilines is 1. The van der Waals surface area contributed by atoms with Crippen molar-refractivity contribution in [2.75, 3.05) is 16.8 Å². The molecule has 0 bridgehead atoms. The minimum Gasteiger partial charge on any atom is -0.351 e. The summed E-state index contributed by atoms with van der Waals surface area (Å²) in [5.74, 6) is 1.47. The van der Waals surface area contributed by atoms with E-state index in [-0.39, 0.29) is 0 Å². The van der Waals surface area contributed by atoms with Gasteiger partial charge in [0.25, 0.3) is 0 Å². The maximum atomic E-state index is 4.66. The van der Waals surface area contributed by atoms with Crippen LogP contribution in [0.1, 0.15) is 52.1 Å². The summed E-state index contributed by atoms with van der Waals surface area (Å²) >= 11 is 3.57. The van der Waals surface area contributed by atoms with E-state index >= 15 is 0 Å². The molecule has 0 aliphatic carbocycles. The SMILES string of the molecule is CCC(CC)N(CCBr)c1nccn2nc(C(C)C)cc12. The van der Waals surface area contributed by atoms with Crippen LogP contribution in [0.4, 0.5) is 5.82 Å². The Morgan fingerprint density at radius 2 is 2.00 bits per heavy atom. The zero-order valence-corrected chi connectivity index (χ0v) is 15.0. The molecule has 0 saturated carbocycles. The molecular weight excluding hydrogens is 328 g/mol. The third kappa shape index (κ3) is 3.39. The van der Waals surface area contributed by atoms with Gasteiger partial charge in [-0.25, -0.2) is 9.50 Å². The van der Waals surface area contributed by atoms with E-state index in [1.807, 2.05) is 16.9 Å². The second kappa shape index (κ2) is 7.25. The van der Waals surface area contributed by atoms with E-state index in [1.165, 1.54) is 0 Å². The van der Waals surface area contributed by atoms with E-state index in [2.05, 4.69) is 64.7 Å². The van der Waals surface area contributed by atoms with Crippen molar-refractivity contribution in [2.45, 2.75) is 52.5 Å². The van der Waals surface area contributed by atoms with Crippen LogP contribution in [-0.2, 0) is 0 Å². The second-order valence-corrected chi connectivity index (χ2v) is 6.45. The largest absolute Gasteiger partial charge is 0.351 e. The topological polar surface area (TPSA) is 33.4 Å². The monoisotopic (exact) mass is 352 g/mol. The Balaban J connectivity index is 2.51. The fraction of sp³-hybridized carbons (Fsp3) is 0.625. The molecule has 2 heterocycles. The average Bonchev–Trinajstić information content (AvgIpc) is 2.92. The highest BCUT2D eigenvalue weighted by molar-refractivity contribution is 9.09. The molecule has 0 atom stereocenters. The van der Waals surface area contributed by atoms with Crippen molar-refractivity contribution in [3.05, 3.63) is 24.2 Å². The highest BCUT2D eigenvalue weighted by Crippen LogP contribution is 2.26. The van der Waals surface area contributed by atoms with Gasteiger partial charge in [0.05, 0.1) is 5.69 Å². The smallest absolute Gasteiger partial charge is 0.154 e. The Bertz CT molecular complexity index is 575. The highest BCUT2D eigenvalue weighted by Gasteiger charge is 2.20. The normalized spacial score (nSPS) is 11.8. The van der Waals surface area contributed by atoms with Gasteiger partial charge >= 0.3 is 0 Å². The molecule has 0 radical (unpaired) electrons. The number of alkyl halides is 1. The van der Waals surface area contributed by atoms with Crippen molar-refractivity contribution in [3.8, 4) is 0 Å². The molecule has 4 nitrogen and oxygen atoms in total. The van der Waals surface area contributed by atoms with Crippen LogP contribution in [0.15, 0.2) is 18.5 Å². The first-order chi connectivity index (χ1) is 10.1. The van der Waals surface area contributed by atoms with Crippen molar-refractivity contribution in [2.24, 2.45) is 0 Å². The van der Waals surface area contributed by atoms with Gasteiger partial charge in [-0.05, 0) is 24.8 Å². The molecule has 0 aliphatic heterocycles. The predicted octanol–water partition coefficient (Wildman–Crippen LogP) is 4.24. The zero-order chi connectivity index (χ0) is 15.4. The number of aromatic nitrogens is 3. The zero-order valence-electron chi connectivity index (χ0n) is 13.4. The Labute approximate surface area is 135 Å². The number of hydrogen-bond donors (Lipinski definition) is 0. The van der Waals surface area contributed by atoms with Gasteiger partial charge in [-0.1, -0.05) is 43.6 Å². The first-order valence-corrected chi connectivity index (χ1v) is 8.91. The maximum absolute atomic E-state index is 4.66. The van der Waals surface area contributed by atoms with Crippen molar-refractivity contribution in [1.29, 1.82) is 0 Å². The lowest BCUT2D eigenvalue weighted by atomic mass is 10.1. The van der Waals surface area contributed by atoms with Gasteiger partial charge in [0.1, 0.15) is 5.52 Å².